The molecule has 0 saturated heterocycles. The van der Waals surface area contributed by atoms with Crippen LogP contribution in [0.2, 0.25) is 0 Å². The molecule has 14 heavy (non-hydrogen) atoms. The second kappa shape index (κ2) is 5.66. The van der Waals surface area contributed by atoms with Crippen LogP contribution in [0, 0.1) is 11.3 Å². The Labute approximate surface area is 87.7 Å². The van der Waals surface area contributed by atoms with Gasteiger partial charge in [-0.15, -0.1) is 0 Å². The SMILES string of the molecule is CC(C)SCc1noc(CCC#N)n1. The van der Waals surface area contributed by atoms with Gasteiger partial charge in [-0.1, -0.05) is 19.0 Å². The summed E-state index contributed by atoms with van der Waals surface area (Å²) in [7, 11) is 0. The maximum atomic E-state index is 8.37. The zero-order chi connectivity index (χ0) is 10.4. The fraction of sp³-hybridized carbons (Fsp3) is 0.667. The summed E-state index contributed by atoms with van der Waals surface area (Å²) in [4.78, 5) is 4.17. The Morgan fingerprint density at radius 1 is 1.57 bits per heavy atom. The molecule has 1 heterocycles. The summed E-state index contributed by atoms with van der Waals surface area (Å²) in [5.41, 5.74) is 0. The lowest BCUT2D eigenvalue weighted by Crippen LogP contribution is -1.91. The number of nitriles is 1. The molecule has 0 aliphatic heterocycles. The third-order valence-corrected chi connectivity index (χ3v) is 2.60. The summed E-state index contributed by atoms with van der Waals surface area (Å²) >= 11 is 1.77. The van der Waals surface area contributed by atoms with E-state index in [1.54, 1.807) is 11.8 Å². The lowest BCUT2D eigenvalue weighted by atomic mass is 10.3. The molecule has 1 aromatic heterocycles. The molecule has 0 aliphatic rings. The van der Waals surface area contributed by atoms with Gasteiger partial charge in [0.05, 0.1) is 11.8 Å². The van der Waals surface area contributed by atoms with Crippen LogP contribution in [0.15, 0.2) is 4.52 Å². The van der Waals surface area contributed by atoms with Gasteiger partial charge in [-0.25, -0.2) is 0 Å². The zero-order valence-electron chi connectivity index (χ0n) is 8.36. The standard InChI is InChI=1S/C9H13N3OS/c1-7(2)14-6-8-11-9(13-12-8)4-3-5-10/h7H,3-4,6H2,1-2H3. The first-order valence-corrected chi connectivity index (χ1v) is 5.57. The van der Waals surface area contributed by atoms with Gasteiger partial charge in [0.15, 0.2) is 5.82 Å². The van der Waals surface area contributed by atoms with E-state index in [0.29, 0.717) is 24.0 Å². The van der Waals surface area contributed by atoms with Crippen molar-refractivity contribution < 1.29 is 4.52 Å². The van der Waals surface area contributed by atoms with E-state index in [1.165, 1.54) is 0 Å². The van der Waals surface area contributed by atoms with Crippen LogP contribution in [0.3, 0.4) is 0 Å². The molecular formula is C9H13N3OS. The first kappa shape index (κ1) is 11.1. The van der Waals surface area contributed by atoms with Gasteiger partial charge in [-0.05, 0) is 5.25 Å². The number of hydrogen-bond donors (Lipinski definition) is 0. The van der Waals surface area contributed by atoms with Crippen LogP contribution in [0.25, 0.3) is 0 Å². The van der Waals surface area contributed by atoms with Gasteiger partial charge in [0.1, 0.15) is 0 Å². The summed E-state index contributed by atoms with van der Waals surface area (Å²) in [6.45, 7) is 4.25. The maximum absolute atomic E-state index is 8.37. The van der Waals surface area contributed by atoms with Crippen LogP contribution >= 0.6 is 11.8 Å². The maximum Gasteiger partial charge on any atom is 0.227 e. The van der Waals surface area contributed by atoms with E-state index in [4.69, 9.17) is 9.78 Å². The third kappa shape index (κ3) is 3.79. The summed E-state index contributed by atoms with van der Waals surface area (Å²) in [6.07, 6.45) is 0.981. The monoisotopic (exact) mass is 211 g/mol. The Bertz CT molecular complexity index is 316. The predicted molar refractivity (Wildman–Crippen MR) is 54.7 cm³/mol. The first-order chi connectivity index (χ1) is 6.72. The summed E-state index contributed by atoms with van der Waals surface area (Å²) in [5, 5.41) is 12.8. The molecule has 4 nitrogen and oxygen atoms in total. The Hall–Kier alpha value is -1.02. The molecule has 0 radical (unpaired) electrons. The molecule has 76 valence electrons. The highest BCUT2D eigenvalue weighted by molar-refractivity contribution is 7.99. The van der Waals surface area contributed by atoms with Gasteiger partial charge in [0, 0.05) is 12.8 Å². The van der Waals surface area contributed by atoms with Crippen molar-refractivity contribution in [3.8, 4) is 6.07 Å². The minimum atomic E-state index is 0.430. The number of aromatic nitrogens is 2. The molecule has 0 atom stereocenters. The van der Waals surface area contributed by atoms with Crippen molar-refractivity contribution in [1.82, 2.24) is 10.1 Å². The molecule has 1 rings (SSSR count). The van der Waals surface area contributed by atoms with Crippen LogP contribution < -0.4 is 0 Å². The Balaban J connectivity index is 2.39. The topological polar surface area (TPSA) is 62.7 Å². The van der Waals surface area contributed by atoms with Gasteiger partial charge < -0.3 is 4.52 Å². The molecular weight excluding hydrogens is 198 g/mol. The molecule has 0 aliphatic carbocycles. The average Bonchev–Trinajstić information content (AvgIpc) is 2.59. The average molecular weight is 211 g/mol. The highest BCUT2D eigenvalue weighted by Gasteiger charge is 2.06. The number of rotatable bonds is 5. The predicted octanol–water partition coefficient (Wildman–Crippen LogP) is 2.17. The number of hydrogen-bond acceptors (Lipinski definition) is 5. The second-order valence-corrected chi connectivity index (χ2v) is 4.69. The van der Waals surface area contributed by atoms with Gasteiger partial charge in [-0.2, -0.15) is 22.0 Å². The molecule has 0 unspecified atom stereocenters. The molecule has 0 bridgehead atoms. The number of aryl methyl sites for hydroxylation is 1. The van der Waals surface area contributed by atoms with Gasteiger partial charge in [0.2, 0.25) is 5.89 Å². The van der Waals surface area contributed by atoms with Crippen molar-refractivity contribution in [3.05, 3.63) is 11.7 Å². The Morgan fingerprint density at radius 3 is 3.00 bits per heavy atom. The summed E-state index contributed by atoms with van der Waals surface area (Å²) in [6, 6.07) is 2.04. The molecule has 0 saturated carbocycles. The molecule has 0 aromatic carbocycles. The lowest BCUT2D eigenvalue weighted by Gasteiger charge is -1.98. The van der Waals surface area contributed by atoms with E-state index in [2.05, 4.69) is 24.0 Å². The van der Waals surface area contributed by atoms with Crippen molar-refractivity contribution in [3.63, 3.8) is 0 Å². The molecule has 0 N–H and O–H groups in total. The van der Waals surface area contributed by atoms with E-state index >= 15 is 0 Å². The third-order valence-electron chi connectivity index (χ3n) is 1.51. The van der Waals surface area contributed by atoms with Crippen molar-refractivity contribution in [2.45, 2.75) is 37.7 Å². The first-order valence-electron chi connectivity index (χ1n) is 4.52. The van der Waals surface area contributed by atoms with Crippen LogP contribution in [0.5, 0.6) is 0 Å². The number of thioether (sulfide) groups is 1. The highest BCUT2D eigenvalue weighted by atomic mass is 32.2. The van der Waals surface area contributed by atoms with Crippen molar-refractivity contribution in [2.24, 2.45) is 0 Å². The van der Waals surface area contributed by atoms with Gasteiger partial charge >= 0.3 is 0 Å². The second-order valence-electron chi connectivity index (χ2n) is 3.12. The fourth-order valence-electron chi connectivity index (χ4n) is 0.854. The van der Waals surface area contributed by atoms with Crippen LogP contribution in [0.1, 0.15) is 32.0 Å². The van der Waals surface area contributed by atoms with Crippen molar-refractivity contribution in [2.75, 3.05) is 0 Å². The molecule has 1 aromatic rings. The van der Waals surface area contributed by atoms with Crippen LogP contribution in [-0.4, -0.2) is 15.4 Å². The van der Waals surface area contributed by atoms with Crippen LogP contribution in [-0.2, 0) is 12.2 Å². The van der Waals surface area contributed by atoms with E-state index in [-0.39, 0.29) is 0 Å². The smallest absolute Gasteiger partial charge is 0.227 e. The van der Waals surface area contributed by atoms with Gasteiger partial charge in [0.25, 0.3) is 0 Å². The van der Waals surface area contributed by atoms with E-state index in [0.717, 1.165) is 11.6 Å². The van der Waals surface area contributed by atoms with E-state index in [9.17, 15) is 0 Å². The number of nitrogens with zero attached hydrogens (tertiary/aromatic N) is 3. The normalized spacial score (nSPS) is 10.4. The minimum absolute atomic E-state index is 0.430. The van der Waals surface area contributed by atoms with Crippen molar-refractivity contribution in [1.29, 1.82) is 5.26 Å². The highest BCUT2D eigenvalue weighted by Crippen LogP contribution is 2.14. The Morgan fingerprint density at radius 2 is 2.36 bits per heavy atom. The lowest BCUT2D eigenvalue weighted by molar-refractivity contribution is 0.375. The van der Waals surface area contributed by atoms with Crippen LogP contribution in [0.4, 0.5) is 0 Å². The zero-order valence-corrected chi connectivity index (χ0v) is 9.17. The summed E-state index contributed by atoms with van der Waals surface area (Å²) < 4.78 is 4.97. The molecule has 0 spiro atoms. The summed E-state index contributed by atoms with van der Waals surface area (Å²) in [5.74, 6) is 2.05. The van der Waals surface area contributed by atoms with E-state index in [1.807, 2.05) is 6.07 Å². The Kier molecular flexibility index (Phi) is 4.47. The molecule has 0 fully saturated rings. The van der Waals surface area contributed by atoms with Gasteiger partial charge in [-0.3, -0.25) is 0 Å². The van der Waals surface area contributed by atoms with Crippen molar-refractivity contribution >= 4 is 11.8 Å². The fourth-order valence-corrected chi connectivity index (χ4v) is 1.45. The molecule has 5 heteroatoms. The van der Waals surface area contributed by atoms with E-state index < -0.39 is 0 Å². The molecule has 0 amide bonds. The quantitative estimate of drug-likeness (QED) is 0.746. The minimum Gasteiger partial charge on any atom is -0.339 e. The largest absolute Gasteiger partial charge is 0.339 e.